The summed E-state index contributed by atoms with van der Waals surface area (Å²) in [4.78, 5) is 12.4. The minimum atomic E-state index is -3.00. The zero-order chi connectivity index (χ0) is 17.3. The third-order valence-corrected chi connectivity index (χ3v) is 5.35. The molecule has 1 heterocycles. The van der Waals surface area contributed by atoms with Crippen LogP contribution in [0.4, 0.5) is 8.78 Å². The predicted octanol–water partition coefficient (Wildman–Crippen LogP) is 3.60. The Morgan fingerprint density at radius 1 is 1.38 bits per heavy atom. The molecule has 1 unspecified atom stereocenters. The maximum atomic E-state index is 12.5. The standard InChI is InChI=1S/C16H18Cl2F2N2O2/c17-10-5-9(13(12(18)6-10)24-15(19)20)8-22-14(23)11-7-16(11)1-3-21-4-2-16/h5-6,11,15,21H,1-4,7-8H2,(H,22,23). The molecule has 1 atom stereocenters. The smallest absolute Gasteiger partial charge is 0.387 e. The molecule has 1 saturated carbocycles. The van der Waals surface area contributed by atoms with Gasteiger partial charge in [0.2, 0.25) is 5.91 Å². The lowest BCUT2D eigenvalue weighted by Crippen LogP contribution is -2.33. The van der Waals surface area contributed by atoms with Gasteiger partial charge in [-0.25, -0.2) is 0 Å². The molecule has 1 saturated heterocycles. The lowest BCUT2D eigenvalue weighted by Gasteiger charge is -2.23. The van der Waals surface area contributed by atoms with Gasteiger partial charge in [0.15, 0.2) is 0 Å². The molecule has 1 aromatic carbocycles. The molecule has 0 bridgehead atoms. The van der Waals surface area contributed by atoms with Crippen molar-refractivity contribution >= 4 is 29.1 Å². The summed E-state index contributed by atoms with van der Waals surface area (Å²) >= 11 is 11.8. The highest BCUT2D eigenvalue weighted by molar-refractivity contribution is 6.35. The molecule has 2 aliphatic rings. The fourth-order valence-electron chi connectivity index (χ4n) is 3.47. The van der Waals surface area contributed by atoms with Crippen LogP contribution in [-0.2, 0) is 11.3 Å². The van der Waals surface area contributed by atoms with Crippen LogP contribution in [0.25, 0.3) is 0 Å². The summed E-state index contributed by atoms with van der Waals surface area (Å²) in [5.41, 5.74) is 0.449. The second-order valence-corrected chi connectivity index (χ2v) is 7.18. The monoisotopic (exact) mass is 378 g/mol. The van der Waals surface area contributed by atoms with Crippen molar-refractivity contribution in [2.24, 2.45) is 11.3 Å². The van der Waals surface area contributed by atoms with Crippen molar-refractivity contribution in [3.05, 3.63) is 27.7 Å². The Morgan fingerprint density at radius 3 is 2.75 bits per heavy atom. The number of hydrogen-bond acceptors (Lipinski definition) is 3. The van der Waals surface area contributed by atoms with E-state index in [1.807, 2.05) is 0 Å². The maximum Gasteiger partial charge on any atom is 0.387 e. The van der Waals surface area contributed by atoms with Gasteiger partial charge < -0.3 is 15.4 Å². The van der Waals surface area contributed by atoms with Gasteiger partial charge in [0.1, 0.15) is 5.75 Å². The number of halogens is 4. The molecule has 1 aliphatic heterocycles. The van der Waals surface area contributed by atoms with Crippen LogP contribution in [-0.4, -0.2) is 25.6 Å². The van der Waals surface area contributed by atoms with E-state index in [-0.39, 0.29) is 34.6 Å². The highest BCUT2D eigenvalue weighted by atomic mass is 35.5. The quantitative estimate of drug-likeness (QED) is 0.822. The summed E-state index contributed by atoms with van der Waals surface area (Å²) in [7, 11) is 0. The number of ether oxygens (including phenoxy) is 1. The number of nitrogens with one attached hydrogen (secondary N) is 2. The first kappa shape index (κ1) is 17.7. The van der Waals surface area contributed by atoms with Crippen LogP contribution in [0.2, 0.25) is 10.0 Å². The number of piperidine rings is 1. The minimum Gasteiger partial charge on any atom is -0.433 e. The van der Waals surface area contributed by atoms with Gasteiger partial charge in [-0.3, -0.25) is 4.79 Å². The summed E-state index contributed by atoms with van der Waals surface area (Å²) < 4.78 is 29.6. The Kier molecular flexibility index (Phi) is 5.18. The second kappa shape index (κ2) is 7.02. The van der Waals surface area contributed by atoms with E-state index < -0.39 is 6.61 Å². The minimum absolute atomic E-state index is 0.00581. The Morgan fingerprint density at radius 2 is 2.08 bits per heavy atom. The van der Waals surface area contributed by atoms with Crippen LogP contribution in [0.15, 0.2) is 12.1 Å². The molecule has 1 amide bonds. The molecule has 1 spiro atoms. The van der Waals surface area contributed by atoms with Gasteiger partial charge in [-0.1, -0.05) is 23.2 Å². The number of carbonyl (C=O) groups is 1. The average molecular weight is 379 g/mol. The number of hydrogen-bond donors (Lipinski definition) is 2. The molecule has 2 fully saturated rings. The van der Waals surface area contributed by atoms with E-state index in [0.29, 0.717) is 10.6 Å². The number of amides is 1. The first-order valence-electron chi connectivity index (χ1n) is 7.82. The summed E-state index contributed by atoms with van der Waals surface area (Å²) in [6.07, 6.45) is 2.87. The van der Waals surface area contributed by atoms with Gasteiger partial charge in [0, 0.05) is 23.0 Å². The summed E-state index contributed by atoms with van der Waals surface area (Å²) in [6.45, 7) is -1.09. The Hall–Kier alpha value is -1.11. The highest BCUT2D eigenvalue weighted by Gasteiger charge is 2.57. The van der Waals surface area contributed by atoms with Crippen molar-refractivity contribution in [3.8, 4) is 5.75 Å². The van der Waals surface area contributed by atoms with Gasteiger partial charge >= 0.3 is 6.61 Å². The molecular weight excluding hydrogens is 361 g/mol. The van der Waals surface area contributed by atoms with E-state index in [2.05, 4.69) is 15.4 Å². The molecule has 0 radical (unpaired) electrons. The van der Waals surface area contributed by atoms with Crippen LogP contribution in [0.1, 0.15) is 24.8 Å². The van der Waals surface area contributed by atoms with Crippen molar-refractivity contribution in [2.75, 3.05) is 13.1 Å². The number of carbonyl (C=O) groups excluding carboxylic acids is 1. The molecular formula is C16H18Cl2F2N2O2. The van der Waals surface area contributed by atoms with Crippen molar-refractivity contribution in [1.29, 1.82) is 0 Å². The van der Waals surface area contributed by atoms with Gasteiger partial charge in [0.05, 0.1) is 5.02 Å². The number of rotatable bonds is 5. The molecule has 1 aliphatic carbocycles. The lowest BCUT2D eigenvalue weighted by molar-refractivity contribution is -0.123. The molecule has 1 aromatic rings. The molecule has 8 heteroatoms. The van der Waals surface area contributed by atoms with Gasteiger partial charge in [0.25, 0.3) is 0 Å². The third kappa shape index (κ3) is 3.76. The predicted molar refractivity (Wildman–Crippen MR) is 87.6 cm³/mol. The summed E-state index contributed by atoms with van der Waals surface area (Å²) in [5.74, 6) is -0.214. The zero-order valence-electron chi connectivity index (χ0n) is 12.9. The fraction of sp³-hybridized carbons (Fsp3) is 0.562. The van der Waals surface area contributed by atoms with Gasteiger partial charge in [-0.05, 0) is 49.9 Å². The largest absolute Gasteiger partial charge is 0.433 e. The first-order chi connectivity index (χ1) is 11.4. The third-order valence-electron chi connectivity index (χ3n) is 4.85. The maximum absolute atomic E-state index is 12.5. The second-order valence-electron chi connectivity index (χ2n) is 6.34. The van der Waals surface area contributed by atoms with Gasteiger partial charge in [-0.2, -0.15) is 8.78 Å². The van der Waals surface area contributed by atoms with Crippen LogP contribution in [0, 0.1) is 11.3 Å². The number of alkyl halides is 2. The zero-order valence-corrected chi connectivity index (χ0v) is 14.4. The topological polar surface area (TPSA) is 50.4 Å². The van der Waals surface area contributed by atoms with Crippen LogP contribution in [0.3, 0.4) is 0 Å². The Bertz CT molecular complexity index is 637. The van der Waals surface area contributed by atoms with Crippen molar-refractivity contribution in [3.63, 3.8) is 0 Å². The van der Waals surface area contributed by atoms with E-state index in [1.54, 1.807) is 0 Å². The fourth-order valence-corrected chi connectivity index (χ4v) is 4.05. The first-order valence-corrected chi connectivity index (χ1v) is 8.58. The van der Waals surface area contributed by atoms with E-state index >= 15 is 0 Å². The van der Waals surface area contributed by atoms with E-state index in [0.717, 1.165) is 32.4 Å². The average Bonchev–Trinajstić information content (AvgIpc) is 3.21. The van der Waals surface area contributed by atoms with E-state index in [1.165, 1.54) is 12.1 Å². The number of benzene rings is 1. The Balaban J connectivity index is 1.65. The SMILES string of the molecule is O=C(NCc1cc(Cl)cc(Cl)c1OC(F)F)C1CC12CCNCC2. The molecule has 132 valence electrons. The molecule has 0 aromatic heterocycles. The highest BCUT2D eigenvalue weighted by Crippen LogP contribution is 2.58. The lowest BCUT2D eigenvalue weighted by atomic mass is 9.92. The van der Waals surface area contributed by atoms with Gasteiger partial charge in [-0.15, -0.1) is 0 Å². The molecule has 24 heavy (non-hydrogen) atoms. The molecule has 2 N–H and O–H groups in total. The van der Waals surface area contributed by atoms with Crippen molar-refractivity contribution in [1.82, 2.24) is 10.6 Å². The summed E-state index contributed by atoms with van der Waals surface area (Å²) in [6, 6.07) is 2.80. The van der Waals surface area contributed by atoms with Crippen LogP contribution >= 0.6 is 23.2 Å². The van der Waals surface area contributed by atoms with Crippen molar-refractivity contribution in [2.45, 2.75) is 32.4 Å². The van der Waals surface area contributed by atoms with E-state index in [4.69, 9.17) is 23.2 Å². The van der Waals surface area contributed by atoms with Crippen LogP contribution < -0.4 is 15.4 Å². The van der Waals surface area contributed by atoms with Crippen molar-refractivity contribution < 1.29 is 18.3 Å². The molecule has 3 rings (SSSR count). The normalized spacial score (nSPS) is 21.8. The Labute approximate surface area is 148 Å². The van der Waals surface area contributed by atoms with E-state index in [9.17, 15) is 13.6 Å². The molecule has 4 nitrogen and oxygen atoms in total. The summed E-state index contributed by atoms with van der Waals surface area (Å²) in [5, 5.41) is 6.38. The van der Waals surface area contributed by atoms with Crippen LogP contribution in [0.5, 0.6) is 5.75 Å².